The molecule has 0 spiro atoms. The van der Waals surface area contributed by atoms with Gasteiger partial charge in [0.25, 0.3) is 0 Å². The summed E-state index contributed by atoms with van der Waals surface area (Å²) < 4.78 is 48.9. The van der Waals surface area contributed by atoms with Gasteiger partial charge in [0.05, 0.1) is 26.6 Å². The number of rotatable bonds is 2. The molecule has 0 saturated carbocycles. The second kappa shape index (κ2) is 12.1. The molecule has 0 bridgehead atoms. The molecule has 0 aliphatic rings. The molecule has 0 unspecified atom stereocenters. The summed E-state index contributed by atoms with van der Waals surface area (Å²) in [4.78, 5) is 7.35. The monoisotopic (exact) mass is 558 g/mol. The van der Waals surface area contributed by atoms with Gasteiger partial charge in [0, 0.05) is 21.5 Å². The summed E-state index contributed by atoms with van der Waals surface area (Å²) in [6.07, 6.45) is 2.79. The maximum absolute atomic E-state index is 13.1. The molecule has 0 radical (unpaired) electrons. The van der Waals surface area contributed by atoms with E-state index in [-0.39, 0.29) is 90.0 Å². The summed E-state index contributed by atoms with van der Waals surface area (Å²) in [7, 11) is 2.99. The molecule has 0 amide bonds. The molecule has 0 fully saturated rings. The third-order valence-corrected chi connectivity index (χ3v) is 4.27. The summed E-state index contributed by atoms with van der Waals surface area (Å²) in [5, 5.41) is 2.24. The van der Waals surface area contributed by atoms with E-state index in [9.17, 15) is 13.2 Å². The van der Waals surface area contributed by atoms with E-state index in [1.54, 1.807) is 6.07 Å². The molecule has 0 atom stereocenters. The number of aromatic nitrogens is 2. The Morgan fingerprint density at radius 2 is 1.20 bits per heavy atom. The molecule has 30 heavy (non-hydrogen) atoms. The van der Waals surface area contributed by atoms with E-state index in [2.05, 4.69) is 9.97 Å². The van der Waals surface area contributed by atoms with Gasteiger partial charge in [-0.05, 0) is 36.4 Å². The minimum atomic E-state index is -0.694. The van der Waals surface area contributed by atoms with Gasteiger partial charge in [-0.3, -0.25) is 0 Å². The van der Waals surface area contributed by atoms with E-state index < -0.39 is 11.8 Å². The van der Waals surface area contributed by atoms with Gasteiger partial charge >= 0.3 is 68.9 Å². The number of methoxy groups -OCH3 is 2. The number of benzene rings is 2. The molecule has 4 aromatic rings. The second-order valence-corrected chi connectivity index (χ2v) is 5.97. The Bertz CT molecular complexity index is 1070. The van der Waals surface area contributed by atoms with E-state index in [1.165, 1.54) is 50.9 Å². The summed E-state index contributed by atoms with van der Waals surface area (Å²) in [5.74, 6) is -0.507. The molecule has 0 aliphatic carbocycles. The fraction of sp³-hybridized carbons (Fsp3) is 0.100. The van der Waals surface area contributed by atoms with Crippen LogP contribution in [-0.2, 0) is 0 Å². The first kappa shape index (κ1) is 27.0. The van der Waals surface area contributed by atoms with Crippen molar-refractivity contribution < 1.29 is 96.2 Å². The third-order valence-electron chi connectivity index (χ3n) is 3.97. The first-order valence-electron chi connectivity index (χ1n) is 8.00. The smallest absolute Gasteiger partial charge is 1.00 e. The number of fused-ring (bicyclic) bond motifs is 2. The van der Waals surface area contributed by atoms with Gasteiger partial charge in [-0.15, -0.1) is 0 Å². The molecule has 10 heteroatoms. The number of hydrogen-bond donors (Lipinski definition) is 0. The van der Waals surface area contributed by atoms with Crippen LogP contribution in [0.3, 0.4) is 0 Å². The molecule has 0 aliphatic heterocycles. The Labute approximate surface area is 233 Å². The summed E-state index contributed by atoms with van der Waals surface area (Å²) in [5.41, 5.74) is 0. The summed E-state index contributed by atoms with van der Waals surface area (Å²) in [6.45, 7) is 0. The molecule has 2 aromatic heterocycles. The van der Waals surface area contributed by atoms with E-state index in [1.807, 2.05) is 0 Å². The minimum absolute atomic E-state index is 0. The van der Waals surface area contributed by atoms with Crippen molar-refractivity contribution in [3.05, 3.63) is 71.5 Å². The van der Waals surface area contributed by atoms with Gasteiger partial charge in [-0.25, -0.2) is 18.7 Å². The molecule has 152 valence electrons. The molecular formula is C20H14ClCsF4N2O2. The van der Waals surface area contributed by atoms with Crippen molar-refractivity contribution in [1.82, 2.24) is 9.97 Å². The van der Waals surface area contributed by atoms with Crippen LogP contribution in [0.15, 0.2) is 48.8 Å². The van der Waals surface area contributed by atoms with Gasteiger partial charge in [0.15, 0.2) is 0 Å². The molecular weight excluding hydrogens is 545 g/mol. The molecule has 2 aromatic carbocycles. The quantitative estimate of drug-likeness (QED) is 0.248. The van der Waals surface area contributed by atoms with Crippen molar-refractivity contribution >= 4 is 33.1 Å². The van der Waals surface area contributed by atoms with Gasteiger partial charge in [-0.2, -0.15) is 4.39 Å². The van der Waals surface area contributed by atoms with Crippen molar-refractivity contribution in [3.8, 4) is 11.5 Å². The van der Waals surface area contributed by atoms with Gasteiger partial charge in [-0.1, -0.05) is 11.6 Å². The van der Waals surface area contributed by atoms with Crippen LogP contribution in [0.4, 0.5) is 13.2 Å². The van der Waals surface area contributed by atoms with Crippen molar-refractivity contribution in [1.29, 1.82) is 0 Å². The van der Waals surface area contributed by atoms with Gasteiger partial charge < -0.3 is 14.2 Å². The molecule has 4 rings (SSSR count). The van der Waals surface area contributed by atoms with Crippen LogP contribution in [0.2, 0.25) is 5.15 Å². The molecule has 0 saturated heterocycles. The average molecular weight is 559 g/mol. The molecule has 0 N–H and O–H groups in total. The number of hydrogen-bond acceptors (Lipinski definition) is 4. The average Bonchev–Trinajstić information content (AvgIpc) is 2.70. The van der Waals surface area contributed by atoms with E-state index in [4.69, 9.17) is 21.1 Å². The van der Waals surface area contributed by atoms with Crippen LogP contribution >= 0.6 is 11.6 Å². The van der Waals surface area contributed by atoms with E-state index in [0.717, 1.165) is 11.5 Å². The van der Waals surface area contributed by atoms with Crippen LogP contribution in [0.1, 0.15) is 0 Å². The number of halogens is 5. The Kier molecular flexibility index (Phi) is 10.9. The van der Waals surface area contributed by atoms with E-state index >= 15 is 0 Å². The van der Waals surface area contributed by atoms with Crippen LogP contribution in [-0.4, -0.2) is 24.2 Å². The number of pyridine rings is 2. The fourth-order valence-electron chi connectivity index (χ4n) is 2.64. The van der Waals surface area contributed by atoms with Crippen molar-refractivity contribution in [3.63, 3.8) is 0 Å². The predicted octanol–water partition coefficient (Wildman–Crippen LogP) is -0.435. The third kappa shape index (κ3) is 6.00. The zero-order valence-corrected chi connectivity index (χ0v) is 23.3. The predicted molar refractivity (Wildman–Crippen MR) is 101 cm³/mol. The van der Waals surface area contributed by atoms with Crippen LogP contribution in [0, 0.1) is 17.6 Å². The van der Waals surface area contributed by atoms with Crippen LogP contribution < -0.4 is 83.1 Å². The minimum Gasteiger partial charge on any atom is -1.00 e. The number of ether oxygens (including phenoxy) is 2. The maximum atomic E-state index is 13.1. The Hall–Kier alpha value is -1.08. The number of nitrogens with zero attached hydrogens (tertiary/aromatic N) is 2. The maximum Gasteiger partial charge on any atom is 1.00 e. The van der Waals surface area contributed by atoms with Crippen molar-refractivity contribution in [2.24, 2.45) is 0 Å². The zero-order valence-electron chi connectivity index (χ0n) is 16.2. The van der Waals surface area contributed by atoms with Crippen molar-refractivity contribution in [2.75, 3.05) is 14.2 Å². The SMILES string of the molecule is COc1cnc(Cl)c2cc(F)ccc12.COc1cnc(F)c2cc(F)ccc12.[Cs+].[F-]. The Morgan fingerprint density at radius 1 is 0.733 bits per heavy atom. The fourth-order valence-corrected chi connectivity index (χ4v) is 2.84. The topological polar surface area (TPSA) is 44.2 Å². The van der Waals surface area contributed by atoms with Crippen molar-refractivity contribution in [2.45, 2.75) is 0 Å². The van der Waals surface area contributed by atoms with Crippen LogP contribution in [0.25, 0.3) is 21.5 Å². The normalized spacial score (nSPS) is 9.80. The van der Waals surface area contributed by atoms with Gasteiger partial charge in [0.1, 0.15) is 28.3 Å². The summed E-state index contributed by atoms with van der Waals surface area (Å²) >= 11 is 5.82. The second-order valence-electron chi connectivity index (χ2n) is 5.61. The van der Waals surface area contributed by atoms with E-state index in [0.29, 0.717) is 22.3 Å². The van der Waals surface area contributed by atoms with Gasteiger partial charge in [0.2, 0.25) is 5.95 Å². The first-order chi connectivity index (χ1) is 13.4. The van der Waals surface area contributed by atoms with Crippen LogP contribution in [0.5, 0.6) is 11.5 Å². The standard InChI is InChI=1S/C10H7ClFNO.C10H7F2NO.Cs.FH/c1-14-9-5-13-10(11)8-4-6(12)2-3-7(8)9;1-14-9-5-13-10(12)8-4-6(11)2-3-7(8)9;;/h2*2-5H,1H3;;1H/q;;+1;/p-1. The first-order valence-corrected chi connectivity index (χ1v) is 8.38. The zero-order chi connectivity index (χ0) is 20.3. The molecule has 4 nitrogen and oxygen atoms in total. The largest absolute Gasteiger partial charge is 1.00 e. The molecule has 2 heterocycles. The Morgan fingerprint density at radius 3 is 1.73 bits per heavy atom. The Balaban J connectivity index is 0.000000281. The summed E-state index contributed by atoms with van der Waals surface area (Å²) in [6, 6.07) is 8.14.